The molecule has 0 fully saturated rings. The van der Waals surface area contributed by atoms with Crippen LogP contribution in [-0.4, -0.2) is 34.6 Å². The zero-order valence-electron chi connectivity index (χ0n) is 15.6. The Kier molecular flexibility index (Phi) is 6.63. The van der Waals surface area contributed by atoms with Crippen molar-refractivity contribution in [1.82, 2.24) is 0 Å². The van der Waals surface area contributed by atoms with Gasteiger partial charge in [0.1, 0.15) is 5.75 Å². The molecule has 7 heteroatoms. The molecule has 0 saturated heterocycles. The fourth-order valence-electron chi connectivity index (χ4n) is 2.65. The Hall–Kier alpha value is -2.80. The first kappa shape index (κ1) is 20.5. The number of hydrogen-bond donors (Lipinski definition) is 0. The van der Waals surface area contributed by atoms with Crippen molar-refractivity contribution in [3.63, 3.8) is 0 Å². The summed E-state index contributed by atoms with van der Waals surface area (Å²) in [7, 11) is -2.41. The first-order chi connectivity index (χ1) is 12.9. The zero-order chi connectivity index (χ0) is 20.0. The molecule has 2 rings (SSSR count). The van der Waals surface area contributed by atoms with Crippen molar-refractivity contribution in [3.8, 4) is 5.75 Å². The lowest BCUT2D eigenvalue weighted by Gasteiger charge is -2.25. The van der Waals surface area contributed by atoms with Crippen LogP contribution in [-0.2, 0) is 14.8 Å². The van der Waals surface area contributed by atoms with Crippen molar-refractivity contribution in [2.75, 3.05) is 24.6 Å². The number of esters is 1. The van der Waals surface area contributed by atoms with Crippen molar-refractivity contribution in [2.24, 2.45) is 0 Å². The monoisotopic (exact) mass is 389 g/mol. The number of rotatable bonds is 8. The number of nitrogens with zero attached hydrogens (tertiary/aromatic N) is 1. The Morgan fingerprint density at radius 2 is 1.93 bits per heavy atom. The zero-order valence-corrected chi connectivity index (χ0v) is 16.5. The highest BCUT2D eigenvalue weighted by atomic mass is 32.2. The number of sulfonamides is 1. The van der Waals surface area contributed by atoms with E-state index in [0.29, 0.717) is 11.3 Å². The third-order valence-corrected chi connectivity index (χ3v) is 5.69. The number of ether oxygens (including phenoxy) is 2. The molecule has 2 aromatic carbocycles. The van der Waals surface area contributed by atoms with Crippen LogP contribution in [0.1, 0.15) is 22.8 Å². The summed E-state index contributed by atoms with van der Waals surface area (Å²) in [6, 6.07) is 11.1. The predicted octanol–water partition coefficient (Wildman–Crippen LogP) is 3.56. The third kappa shape index (κ3) is 4.31. The predicted molar refractivity (Wildman–Crippen MR) is 105 cm³/mol. The SMILES string of the molecule is C=CCN(c1ccccc1C(=O)OCC)S(=O)(=O)c1ccc(OC)c(C)c1. The Morgan fingerprint density at radius 3 is 2.52 bits per heavy atom. The smallest absolute Gasteiger partial charge is 0.340 e. The number of carbonyl (C=O) groups excluding carboxylic acids is 1. The highest BCUT2D eigenvalue weighted by molar-refractivity contribution is 7.92. The van der Waals surface area contributed by atoms with E-state index in [1.54, 1.807) is 38.1 Å². The molecule has 2 aromatic rings. The van der Waals surface area contributed by atoms with Crippen LogP contribution in [0.15, 0.2) is 60.0 Å². The van der Waals surface area contributed by atoms with Gasteiger partial charge in [0.2, 0.25) is 0 Å². The number of methoxy groups -OCH3 is 1. The summed E-state index contributed by atoms with van der Waals surface area (Å²) >= 11 is 0. The van der Waals surface area contributed by atoms with Crippen molar-refractivity contribution in [1.29, 1.82) is 0 Å². The molecule has 0 aliphatic heterocycles. The average molecular weight is 389 g/mol. The van der Waals surface area contributed by atoms with Crippen molar-refractivity contribution in [2.45, 2.75) is 18.7 Å². The van der Waals surface area contributed by atoms with Crippen LogP contribution in [0.2, 0.25) is 0 Å². The molecule has 0 saturated carbocycles. The molecule has 0 aliphatic rings. The van der Waals surface area contributed by atoms with Crippen LogP contribution in [0.4, 0.5) is 5.69 Å². The van der Waals surface area contributed by atoms with Crippen LogP contribution >= 0.6 is 0 Å². The van der Waals surface area contributed by atoms with Crippen molar-refractivity contribution >= 4 is 21.7 Å². The molecule has 0 heterocycles. The van der Waals surface area contributed by atoms with E-state index in [1.165, 1.54) is 31.4 Å². The Labute approximate surface area is 160 Å². The van der Waals surface area contributed by atoms with Gasteiger partial charge in [0.15, 0.2) is 0 Å². The van der Waals surface area contributed by atoms with E-state index in [9.17, 15) is 13.2 Å². The van der Waals surface area contributed by atoms with Gasteiger partial charge in [-0.15, -0.1) is 6.58 Å². The van der Waals surface area contributed by atoms with Gasteiger partial charge in [-0.2, -0.15) is 0 Å². The summed E-state index contributed by atoms with van der Waals surface area (Å²) in [5.74, 6) is 0.0134. The molecular formula is C20H23NO5S. The van der Waals surface area contributed by atoms with Gasteiger partial charge in [-0.05, 0) is 49.7 Å². The number of para-hydroxylation sites is 1. The molecule has 6 nitrogen and oxygen atoms in total. The second-order valence-electron chi connectivity index (χ2n) is 5.69. The number of hydrogen-bond acceptors (Lipinski definition) is 5. The van der Waals surface area contributed by atoms with E-state index >= 15 is 0 Å². The molecule has 0 radical (unpaired) electrons. The lowest BCUT2D eigenvalue weighted by atomic mass is 10.2. The second kappa shape index (κ2) is 8.73. The van der Waals surface area contributed by atoms with Gasteiger partial charge >= 0.3 is 5.97 Å². The quantitative estimate of drug-likeness (QED) is 0.510. The molecule has 0 atom stereocenters. The lowest BCUT2D eigenvalue weighted by molar-refractivity contribution is 0.0527. The van der Waals surface area contributed by atoms with E-state index in [4.69, 9.17) is 9.47 Å². The molecule has 0 bridgehead atoms. The Morgan fingerprint density at radius 1 is 1.22 bits per heavy atom. The molecule has 0 N–H and O–H groups in total. The summed E-state index contributed by atoms with van der Waals surface area (Å²) in [4.78, 5) is 12.4. The number of carbonyl (C=O) groups is 1. The van der Waals surface area contributed by atoms with Crippen LogP contribution in [0, 0.1) is 6.92 Å². The van der Waals surface area contributed by atoms with Crippen LogP contribution in [0.3, 0.4) is 0 Å². The molecule has 0 aromatic heterocycles. The number of benzene rings is 2. The second-order valence-corrected chi connectivity index (χ2v) is 7.56. The van der Waals surface area contributed by atoms with E-state index in [0.717, 1.165) is 4.31 Å². The van der Waals surface area contributed by atoms with Gasteiger partial charge in [0, 0.05) is 0 Å². The van der Waals surface area contributed by atoms with Gasteiger partial charge in [0.05, 0.1) is 36.4 Å². The van der Waals surface area contributed by atoms with Gasteiger partial charge in [-0.1, -0.05) is 18.2 Å². The van der Waals surface area contributed by atoms with Crippen molar-refractivity contribution < 1.29 is 22.7 Å². The first-order valence-corrected chi connectivity index (χ1v) is 9.85. The summed E-state index contributed by atoms with van der Waals surface area (Å²) in [6.45, 7) is 7.30. The molecular weight excluding hydrogens is 366 g/mol. The summed E-state index contributed by atoms with van der Waals surface area (Å²) < 4.78 is 38.0. The summed E-state index contributed by atoms with van der Waals surface area (Å²) in [5, 5.41) is 0. The normalized spacial score (nSPS) is 10.9. The maximum atomic E-state index is 13.3. The highest BCUT2D eigenvalue weighted by Gasteiger charge is 2.28. The van der Waals surface area contributed by atoms with Crippen LogP contribution in [0.25, 0.3) is 0 Å². The fourth-order valence-corrected chi connectivity index (χ4v) is 4.19. The summed E-state index contributed by atoms with van der Waals surface area (Å²) in [6.07, 6.45) is 1.47. The minimum Gasteiger partial charge on any atom is -0.496 e. The Balaban J connectivity index is 2.59. The molecule has 0 unspecified atom stereocenters. The maximum Gasteiger partial charge on any atom is 0.340 e. The molecule has 0 spiro atoms. The largest absolute Gasteiger partial charge is 0.496 e. The summed E-state index contributed by atoms with van der Waals surface area (Å²) in [5.41, 5.74) is 1.11. The highest BCUT2D eigenvalue weighted by Crippen LogP contribution is 2.30. The van der Waals surface area contributed by atoms with Gasteiger partial charge in [-0.3, -0.25) is 4.31 Å². The Bertz CT molecular complexity index is 937. The standard InChI is InChI=1S/C20H23NO5S/c1-5-13-21(18-10-8-7-9-17(18)20(22)26-6-2)27(23,24)16-11-12-19(25-4)15(3)14-16/h5,7-12,14H,1,6,13H2,2-4H3. The van der Waals surface area contributed by atoms with Crippen LogP contribution < -0.4 is 9.04 Å². The van der Waals surface area contributed by atoms with E-state index in [-0.39, 0.29) is 29.3 Å². The maximum absolute atomic E-state index is 13.3. The van der Waals surface area contributed by atoms with E-state index in [1.807, 2.05) is 0 Å². The lowest BCUT2D eigenvalue weighted by Crippen LogP contribution is -2.32. The van der Waals surface area contributed by atoms with Gasteiger partial charge in [0.25, 0.3) is 10.0 Å². The molecule has 0 aliphatic carbocycles. The van der Waals surface area contributed by atoms with E-state index in [2.05, 4.69) is 6.58 Å². The van der Waals surface area contributed by atoms with Crippen LogP contribution in [0.5, 0.6) is 5.75 Å². The average Bonchev–Trinajstić information content (AvgIpc) is 2.66. The minimum atomic E-state index is -3.94. The van der Waals surface area contributed by atoms with E-state index < -0.39 is 16.0 Å². The van der Waals surface area contributed by atoms with Gasteiger partial charge in [-0.25, -0.2) is 13.2 Å². The van der Waals surface area contributed by atoms with Crippen molar-refractivity contribution in [3.05, 3.63) is 66.2 Å². The molecule has 0 amide bonds. The molecule has 144 valence electrons. The third-order valence-electron chi connectivity index (χ3n) is 3.92. The number of aryl methyl sites for hydroxylation is 1. The molecule has 27 heavy (non-hydrogen) atoms. The topological polar surface area (TPSA) is 72.9 Å². The minimum absolute atomic E-state index is 0.00380. The number of anilines is 1. The van der Waals surface area contributed by atoms with Gasteiger partial charge < -0.3 is 9.47 Å². The first-order valence-electron chi connectivity index (χ1n) is 8.41. The fraction of sp³-hybridized carbons (Fsp3) is 0.250.